The highest BCUT2D eigenvalue weighted by atomic mass is 19.1. The number of aromatic amines is 2. The van der Waals surface area contributed by atoms with E-state index in [1.807, 2.05) is 16.1 Å². The number of nitrogens with two attached hydrogens (primary N) is 1. The first-order valence-electron chi connectivity index (χ1n) is 46.5. The average Bonchev–Trinajstić information content (AvgIpc) is 1.64. The van der Waals surface area contributed by atoms with Crippen LogP contribution in [0.4, 0.5) is 37.7 Å². The number of rotatable bonds is 32. The van der Waals surface area contributed by atoms with Crippen molar-refractivity contribution >= 4 is 84.8 Å². The molecule has 0 radical (unpaired) electrons. The SMILES string of the molecule is C=CCNc1nc(OCCc2ccc([N+](=O)[O-])cc2)c2ncn(C[C@H]3C[C@@H](O)[C@@H](CO)O3)c2n1.CCC.CC[C@H]1O[C@@H](Cn2cnc3c(OCCc4ccc([N+](=O)[O-])cc4)nc(C)nc32)C[C@H]1C.CC[C@H]1O[C@@H](n2cnc3c(=O)[nH]c(C)nc32)C[C@H]1C.Nc1nc2c(ncn2C[C@H]2C[C@@H](O)[C@@H](CO)O2)c(=O)[nH]1.O=[N+]([O-])c1ccc(CCOc2nc(F)nc3c2ncn3C[C@H]2C[C@@H](O)[C@@H](CO)O2)cc1.[2H]CF.[HH]. The van der Waals surface area contributed by atoms with Crippen LogP contribution in [-0.4, -0.2) is 270 Å². The van der Waals surface area contributed by atoms with Crippen LogP contribution in [0.2, 0.25) is 0 Å². The molecular formula is C91H119F2N25O22. The van der Waals surface area contributed by atoms with E-state index in [1.54, 1.807) is 82.1 Å². The predicted octanol–water partition coefficient (Wildman–Crippen LogP) is 8.56. The minimum absolute atomic E-state index is 0. The molecule has 15 atom stereocenters. The van der Waals surface area contributed by atoms with Crippen LogP contribution in [-0.2, 0) is 69.1 Å². The molecule has 0 spiro atoms. The molecule has 0 amide bonds. The standard InChI is InChI=1S/C22H26N6O6.C22H27N5O4.C19H20FN5O6.C13H18N4O2.C11H15N5O4.C3H8.CH3F.H2/c1-2-8-23-22-25-20-19(24-13-27(20)11-16-10-17(30)18(12-29)34-16)21(26-22)33-9-7-14-3-5-15(6-4-14)28(31)32;1-4-19-14(2)11-18(31-19)12-26-13-23-20-21(26)24-15(3)25-22(20)30-10-9-16-5-7-17(8-6-16)27(28)29;20-19-22-17-16(21-10-24(17)8-13-7-14(27)15(9-26)31-13)18(23-19)30-6-5-11-1-3-12(4-2-11)25(28)29;1-4-9-7(2)5-10(19-9)17-6-14-11-12(17)15-8(3)16-13(11)18;12-11-14-9-8(10(19)15-11)13-4-16(9)2-5-1-6(18)7(3-17)20-5;1-3-2;1-2;/h2-6,13,16-18,29-30H,1,7-12H2,(H,23,25,26);5-8,13-14,18-19H,4,9-12H2,1-3H3;1-4,10,13-15,26-27H,5-9H2;6-7,9-10H,4-5H2,1-3H3,(H,15,16,18);4-7,17-18H,1-3H2,(H3,12,14,15,19);3H2,1-2H3;1H3;1H/t16-,17-,18-;14-,18-,19-;13-,14-,15-;7-,9-,10-;5-,6-,7-;;;/m11111.../s1/i;;;;;;1D;. The molecule has 5 saturated heterocycles. The van der Waals surface area contributed by atoms with Crippen molar-refractivity contribution in [1.29, 1.82) is 0 Å². The molecule has 140 heavy (non-hydrogen) atoms. The van der Waals surface area contributed by atoms with Crippen molar-refractivity contribution < 1.29 is 94.9 Å². The number of hydrogen-bond donors (Lipinski definition) is 10. The van der Waals surface area contributed by atoms with Gasteiger partial charge in [0.25, 0.3) is 28.2 Å². The normalized spacial score (nSPS) is 21.8. The second-order valence-electron chi connectivity index (χ2n) is 33.9. The molecule has 18 rings (SSSR count). The molecule has 5 aliphatic heterocycles. The van der Waals surface area contributed by atoms with Gasteiger partial charge < -0.3 is 103 Å². The highest BCUT2D eigenvalue weighted by Crippen LogP contribution is 2.37. The minimum atomic E-state index is -1.00. The van der Waals surface area contributed by atoms with Gasteiger partial charge in [0, 0.05) is 82.9 Å². The van der Waals surface area contributed by atoms with Crippen molar-refractivity contribution in [2.75, 3.05) is 64.4 Å². The fourth-order valence-electron chi connectivity index (χ4n) is 16.6. The van der Waals surface area contributed by atoms with Crippen molar-refractivity contribution in [3.63, 3.8) is 0 Å². The number of fused-ring (bicyclic) bond motifs is 5. The highest BCUT2D eigenvalue weighted by Gasteiger charge is 2.39. The lowest BCUT2D eigenvalue weighted by atomic mass is 10.0. The molecule has 15 heterocycles. The first-order valence-corrected chi connectivity index (χ1v) is 45.7. The van der Waals surface area contributed by atoms with E-state index in [9.17, 15) is 74.2 Å². The maximum absolute atomic E-state index is 14.0. The van der Waals surface area contributed by atoms with Crippen molar-refractivity contribution in [3.8, 4) is 17.6 Å². The Bertz CT molecular complexity index is 6270. The van der Waals surface area contributed by atoms with Gasteiger partial charge in [-0.2, -0.15) is 34.3 Å². The van der Waals surface area contributed by atoms with Gasteiger partial charge in [0.1, 0.15) is 36.2 Å². The summed E-state index contributed by atoms with van der Waals surface area (Å²) in [5.74, 6) is 3.39. The maximum Gasteiger partial charge on any atom is 0.314 e. The molecule has 5 fully saturated rings. The summed E-state index contributed by atoms with van der Waals surface area (Å²) in [6, 6.07) is 18.8. The monoisotopic (exact) mass is 1950 g/mol. The number of anilines is 2. The van der Waals surface area contributed by atoms with Gasteiger partial charge >= 0.3 is 6.08 Å². The molecule has 0 unspecified atom stereocenters. The zero-order chi connectivity index (χ0) is 101. The van der Waals surface area contributed by atoms with Crippen LogP contribution in [0.3, 0.4) is 0 Å². The van der Waals surface area contributed by atoms with Gasteiger partial charge in [-0.05, 0) is 68.1 Å². The van der Waals surface area contributed by atoms with Crippen molar-refractivity contribution in [2.24, 2.45) is 11.8 Å². The van der Waals surface area contributed by atoms with Crippen LogP contribution in [0.1, 0.15) is 130 Å². The van der Waals surface area contributed by atoms with Crippen LogP contribution in [0.5, 0.6) is 17.6 Å². The average molecular weight is 1950 g/mol. The van der Waals surface area contributed by atoms with E-state index in [0.717, 1.165) is 48.0 Å². The predicted molar refractivity (Wildman–Crippen MR) is 507 cm³/mol. The summed E-state index contributed by atoms with van der Waals surface area (Å²) in [5.41, 5.74) is 12.2. The number of non-ortho nitro benzene ring substituents is 3. The van der Waals surface area contributed by atoms with E-state index in [2.05, 4.69) is 128 Å². The topological polar surface area (TPSA) is 621 Å². The number of nitrogens with zero attached hydrogens (tertiary/aromatic N) is 21. The number of benzene rings is 3. The molecule has 11 N–H and O–H groups in total. The lowest BCUT2D eigenvalue weighted by Gasteiger charge is -2.14. The van der Waals surface area contributed by atoms with E-state index in [0.29, 0.717) is 152 Å². The fourth-order valence-corrected chi connectivity index (χ4v) is 16.6. The van der Waals surface area contributed by atoms with Crippen molar-refractivity contribution in [1.82, 2.24) is 97.6 Å². The van der Waals surface area contributed by atoms with Gasteiger partial charge in [-0.25, -0.2) is 34.9 Å². The quantitative estimate of drug-likeness (QED) is 0.00816. The Hall–Kier alpha value is -13.6. The number of H-pyrrole nitrogens is 2. The molecule has 754 valence electrons. The second kappa shape index (κ2) is 49.8. The van der Waals surface area contributed by atoms with E-state index in [4.69, 9.17) is 50.1 Å². The molecule has 3 aromatic carbocycles. The number of alkyl halides is 1. The maximum atomic E-state index is 14.0. The molecule has 5 aliphatic rings. The first kappa shape index (κ1) is 104. The first-order chi connectivity index (χ1) is 67.9. The van der Waals surface area contributed by atoms with E-state index in [-0.39, 0.29) is 129 Å². The zero-order valence-electron chi connectivity index (χ0n) is 79.5. The van der Waals surface area contributed by atoms with E-state index in [1.165, 1.54) is 55.5 Å². The van der Waals surface area contributed by atoms with Crippen LogP contribution in [0.25, 0.3) is 55.8 Å². The number of ether oxygens (including phenoxy) is 8. The molecule has 0 aliphatic carbocycles. The molecule has 0 bridgehead atoms. The third-order valence-corrected chi connectivity index (χ3v) is 23.5. The summed E-state index contributed by atoms with van der Waals surface area (Å²) >= 11 is 0. The van der Waals surface area contributed by atoms with E-state index >= 15 is 0 Å². The Kier molecular flexibility index (Phi) is 36.9. The number of nitrogens with one attached hydrogen (secondary N) is 3. The summed E-state index contributed by atoms with van der Waals surface area (Å²) in [5, 5.41) is 92.5. The van der Waals surface area contributed by atoms with Crippen LogP contribution < -0.4 is 36.4 Å². The number of imidazole rings is 5. The van der Waals surface area contributed by atoms with E-state index < -0.39 is 70.2 Å². The van der Waals surface area contributed by atoms with Crippen LogP contribution in [0.15, 0.2) is 127 Å². The number of aliphatic hydroxyl groups excluding tert-OH is 6. The number of nitrogen functional groups attached to an aromatic ring is 1. The van der Waals surface area contributed by atoms with Crippen LogP contribution in [0, 0.1) is 62.1 Å². The van der Waals surface area contributed by atoms with Gasteiger partial charge in [-0.15, -0.1) is 6.58 Å². The van der Waals surface area contributed by atoms with Gasteiger partial charge in [-0.3, -0.25) is 53.9 Å². The van der Waals surface area contributed by atoms with Crippen LogP contribution >= 0.6 is 0 Å². The fraction of sp³-hybridized carbons (Fsp3) is 0.505. The Morgan fingerprint density at radius 2 is 0.879 bits per heavy atom. The van der Waals surface area contributed by atoms with Crippen molar-refractivity contribution in [2.45, 2.75) is 232 Å². The Labute approximate surface area is 802 Å². The number of nitro groups is 3. The summed E-state index contributed by atoms with van der Waals surface area (Å²) in [6.45, 7) is 22.5. The Morgan fingerprint density at radius 3 is 1.29 bits per heavy atom. The second-order valence-corrected chi connectivity index (χ2v) is 33.9. The number of aromatic nitrogens is 20. The number of halogens is 2. The Balaban J connectivity index is 0.000000169. The number of nitro benzene ring substituents is 3. The van der Waals surface area contributed by atoms with Gasteiger partial charge in [-0.1, -0.05) is 90.4 Å². The summed E-state index contributed by atoms with van der Waals surface area (Å²) in [7, 11) is -1.00. The minimum Gasteiger partial charge on any atom is -0.476 e. The summed E-state index contributed by atoms with van der Waals surface area (Å²) < 4.78 is 84.9. The lowest BCUT2D eigenvalue weighted by Crippen LogP contribution is -2.24. The number of aryl methyl sites for hydroxylation is 2. The molecule has 47 nitrogen and oxygen atoms in total. The number of hydrogen-bond acceptors (Lipinski definition) is 37. The highest BCUT2D eigenvalue weighted by molar-refractivity contribution is 5.79. The summed E-state index contributed by atoms with van der Waals surface area (Å²) in [4.78, 5) is 115. The largest absolute Gasteiger partial charge is 0.476 e. The smallest absolute Gasteiger partial charge is 0.314 e. The van der Waals surface area contributed by atoms with Gasteiger partial charge in [0.15, 0.2) is 55.8 Å². The third-order valence-electron chi connectivity index (χ3n) is 23.5. The molecule has 10 aromatic heterocycles. The summed E-state index contributed by atoms with van der Waals surface area (Å²) in [6.07, 6.45) is 12.3. The molecule has 49 heteroatoms. The molecule has 0 saturated carbocycles. The molecule has 13 aromatic rings. The van der Waals surface area contributed by atoms with Crippen molar-refractivity contribution in [3.05, 3.63) is 203 Å². The molecular weight excluding hydrogens is 1830 g/mol. The third kappa shape index (κ3) is 26.9. The number of aliphatic hydroxyl groups is 6. The van der Waals surface area contributed by atoms with Gasteiger partial charge in [0.2, 0.25) is 29.5 Å². The lowest BCUT2D eigenvalue weighted by molar-refractivity contribution is -0.385. The zero-order valence-corrected chi connectivity index (χ0v) is 78.5. The Morgan fingerprint density at radius 1 is 0.514 bits per heavy atom. The van der Waals surface area contributed by atoms with Gasteiger partial charge in [0.05, 0.1) is 176 Å².